The Balaban J connectivity index is 1.47. The lowest BCUT2D eigenvalue weighted by Gasteiger charge is -2.50. The Morgan fingerprint density at radius 2 is 2.04 bits per heavy atom. The number of carbonyl (C=O) groups is 1. The largest absolute Gasteiger partial charge is 0.336 e. The number of nitrogens with one attached hydrogen (secondary N) is 1. The van der Waals surface area contributed by atoms with Crippen LogP contribution in [-0.4, -0.2) is 63.6 Å². The molecule has 1 unspecified atom stereocenters. The van der Waals surface area contributed by atoms with Gasteiger partial charge in [-0.05, 0) is 42.7 Å². The van der Waals surface area contributed by atoms with Crippen LogP contribution >= 0.6 is 0 Å². The van der Waals surface area contributed by atoms with E-state index >= 15 is 0 Å². The molecule has 1 atom stereocenters. The minimum atomic E-state index is -0.0277. The average Bonchev–Trinajstić information content (AvgIpc) is 3.23. The smallest absolute Gasteiger partial charge is 0.291 e. The highest BCUT2D eigenvalue weighted by atomic mass is 16.2. The molecule has 0 radical (unpaired) electrons. The number of benzene rings is 1. The Morgan fingerprint density at radius 1 is 1.27 bits per heavy atom. The van der Waals surface area contributed by atoms with Gasteiger partial charge in [-0.2, -0.15) is 5.10 Å². The molecule has 1 N–H and O–H groups in total. The van der Waals surface area contributed by atoms with Crippen LogP contribution in [0.15, 0.2) is 36.7 Å². The van der Waals surface area contributed by atoms with Crippen molar-refractivity contribution in [2.75, 3.05) is 32.7 Å². The zero-order chi connectivity index (χ0) is 18.0. The zero-order valence-corrected chi connectivity index (χ0v) is 15.4. The lowest BCUT2D eigenvalue weighted by Crippen LogP contribution is -2.52. The van der Waals surface area contributed by atoms with E-state index < -0.39 is 0 Å². The molecular weight excluding hydrogens is 326 g/mol. The third kappa shape index (κ3) is 3.38. The second kappa shape index (κ2) is 7.19. The topological polar surface area (TPSA) is 65.1 Å². The van der Waals surface area contributed by atoms with Crippen molar-refractivity contribution in [3.63, 3.8) is 0 Å². The number of aromatic nitrogens is 3. The van der Waals surface area contributed by atoms with Crippen LogP contribution in [0.25, 0.3) is 0 Å². The zero-order valence-electron chi connectivity index (χ0n) is 15.4. The quantitative estimate of drug-likeness (QED) is 0.921. The lowest BCUT2D eigenvalue weighted by atomic mass is 9.68. The molecule has 1 aromatic heterocycles. The molecule has 1 amide bonds. The van der Waals surface area contributed by atoms with E-state index in [4.69, 9.17) is 0 Å². The number of H-pyrrole nitrogens is 1. The van der Waals surface area contributed by atoms with Crippen LogP contribution in [0.4, 0.5) is 0 Å². The summed E-state index contributed by atoms with van der Waals surface area (Å²) >= 11 is 0. The maximum atomic E-state index is 12.5. The van der Waals surface area contributed by atoms with E-state index in [9.17, 15) is 4.79 Å². The highest BCUT2D eigenvalue weighted by molar-refractivity contribution is 5.90. The second-order valence-corrected chi connectivity index (χ2v) is 7.77. The molecule has 26 heavy (non-hydrogen) atoms. The lowest BCUT2D eigenvalue weighted by molar-refractivity contribution is 0.0154. The van der Waals surface area contributed by atoms with Gasteiger partial charge in [-0.15, -0.1) is 0 Å². The van der Waals surface area contributed by atoms with E-state index in [1.54, 1.807) is 0 Å². The monoisotopic (exact) mass is 353 g/mol. The Bertz CT molecular complexity index is 722. The van der Waals surface area contributed by atoms with E-state index in [-0.39, 0.29) is 5.91 Å². The number of rotatable bonds is 3. The standard InChI is InChI=1S/C20H27N5O/c1-2-24-13-17(16-6-4-3-5-7-16)12-20(14-24)8-10-25(11-9-20)19(26)18-21-15-22-23-18/h3-7,15,17H,2,8-14H2,1H3,(H,21,22,23). The van der Waals surface area contributed by atoms with Crippen molar-refractivity contribution in [2.24, 2.45) is 5.41 Å². The van der Waals surface area contributed by atoms with Crippen molar-refractivity contribution in [1.82, 2.24) is 25.0 Å². The summed E-state index contributed by atoms with van der Waals surface area (Å²) in [4.78, 5) is 21.0. The van der Waals surface area contributed by atoms with Crippen molar-refractivity contribution < 1.29 is 4.79 Å². The van der Waals surface area contributed by atoms with Gasteiger partial charge in [-0.25, -0.2) is 4.98 Å². The number of amides is 1. The fraction of sp³-hybridized carbons (Fsp3) is 0.550. The summed E-state index contributed by atoms with van der Waals surface area (Å²) in [7, 11) is 0. The molecule has 2 aliphatic rings. The summed E-state index contributed by atoms with van der Waals surface area (Å²) in [6, 6.07) is 10.9. The predicted octanol–water partition coefficient (Wildman–Crippen LogP) is 2.54. The van der Waals surface area contributed by atoms with Crippen LogP contribution < -0.4 is 0 Å². The van der Waals surface area contributed by atoms with E-state index in [0.717, 1.165) is 45.6 Å². The Morgan fingerprint density at radius 3 is 2.69 bits per heavy atom. The number of aromatic amines is 1. The van der Waals surface area contributed by atoms with Gasteiger partial charge < -0.3 is 9.80 Å². The Hall–Kier alpha value is -2.21. The molecule has 0 bridgehead atoms. The highest BCUT2D eigenvalue weighted by Crippen LogP contribution is 2.45. The molecule has 1 spiro atoms. The van der Waals surface area contributed by atoms with Crippen molar-refractivity contribution in [3.8, 4) is 0 Å². The molecule has 2 aromatic rings. The van der Waals surface area contributed by atoms with Gasteiger partial charge in [-0.1, -0.05) is 37.3 Å². The van der Waals surface area contributed by atoms with E-state index in [1.807, 2.05) is 4.90 Å². The maximum absolute atomic E-state index is 12.5. The van der Waals surface area contributed by atoms with Crippen LogP contribution in [0.3, 0.4) is 0 Å². The van der Waals surface area contributed by atoms with Crippen LogP contribution in [0.1, 0.15) is 48.3 Å². The fourth-order valence-electron chi connectivity index (χ4n) is 4.70. The highest BCUT2D eigenvalue weighted by Gasteiger charge is 2.42. The third-order valence-electron chi connectivity index (χ3n) is 6.16. The maximum Gasteiger partial charge on any atom is 0.291 e. The van der Waals surface area contributed by atoms with Gasteiger partial charge in [0.05, 0.1) is 0 Å². The minimum Gasteiger partial charge on any atom is -0.336 e. The van der Waals surface area contributed by atoms with Crippen molar-refractivity contribution >= 4 is 5.91 Å². The van der Waals surface area contributed by atoms with Gasteiger partial charge in [0.25, 0.3) is 5.91 Å². The Labute approximate surface area is 154 Å². The van der Waals surface area contributed by atoms with Gasteiger partial charge in [0, 0.05) is 26.2 Å². The molecule has 138 valence electrons. The van der Waals surface area contributed by atoms with Gasteiger partial charge in [0.15, 0.2) is 0 Å². The summed E-state index contributed by atoms with van der Waals surface area (Å²) in [5, 5.41) is 6.49. The summed E-state index contributed by atoms with van der Waals surface area (Å²) in [6.45, 7) is 7.24. The second-order valence-electron chi connectivity index (χ2n) is 7.77. The molecule has 2 saturated heterocycles. The number of likely N-dealkylation sites (N-methyl/N-ethyl adjacent to an activating group) is 1. The summed E-state index contributed by atoms with van der Waals surface area (Å²) in [6.07, 6.45) is 4.74. The predicted molar refractivity (Wildman–Crippen MR) is 99.9 cm³/mol. The van der Waals surface area contributed by atoms with Gasteiger partial charge in [0.1, 0.15) is 6.33 Å². The first-order valence-electron chi connectivity index (χ1n) is 9.61. The Kier molecular flexibility index (Phi) is 4.76. The first kappa shape index (κ1) is 17.2. The van der Waals surface area contributed by atoms with Crippen LogP contribution in [0, 0.1) is 5.41 Å². The molecule has 1 aromatic carbocycles. The molecule has 4 rings (SSSR count). The molecule has 6 nitrogen and oxygen atoms in total. The van der Waals surface area contributed by atoms with Gasteiger partial charge in [-0.3, -0.25) is 9.89 Å². The van der Waals surface area contributed by atoms with Crippen LogP contribution in [0.5, 0.6) is 0 Å². The number of hydrogen-bond acceptors (Lipinski definition) is 4. The minimum absolute atomic E-state index is 0.0277. The summed E-state index contributed by atoms with van der Waals surface area (Å²) in [5.74, 6) is 0.906. The molecule has 2 aliphatic heterocycles. The van der Waals surface area contributed by atoms with E-state index in [2.05, 4.69) is 57.3 Å². The SMILES string of the molecule is CCN1CC(c2ccccc2)CC2(CCN(C(=O)c3ncn[nH]3)CC2)C1. The first-order chi connectivity index (χ1) is 12.7. The number of piperidine rings is 2. The normalized spacial score (nSPS) is 23.3. The fourth-order valence-corrected chi connectivity index (χ4v) is 4.70. The van der Waals surface area contributed by atoms with Crippen LogP contribution in [-0.2, 0) is 0 Å². The van der Waals surface area contributed by atoms with E-state index in [1.165, 1.54) is 18.3 Å². The van der Waals surface area contributed by atoms with Gasteiger partial charge in [0.2, 0.25) is 5.82 Å². The summed E-state index contributed by atoms with van der Waals surface area (Å²) < 4.78 is 0. The van der Waals surface area contributed by atoms with Crippen LogP contribution in [0.2, 0.25) is 0 Å². The van der Waals surface area contributed by atoms with E-state index in [0.29, 0.717) is 17.2 Å². The first-order valence-corrected chi connectivity index (χ1v) is 9.61. The average molecular weight is 353 g/mol. The third-order valence-corrected chi connectivity index (χ3v) is 6.16. The molecule has 3 heterocycles. The van der Waals surface area contributed by atoms with Crippen molar-refractivity contribution in [2.45, 2.75) is 32.1 Å². The molecular formula is C20H27N5O. The summed E-state index contributed by atoms with van der Waals surface area (Å²) in [5.41, 5.74) is 1.76. The number of likely N-dealkylation sites (tertiary alicyclic amines) is 2. The molecule has 6 heteroatoms. The number of carbonyl (C=O) groups excluding carboxylic acids is 1. The molecule has 0 aliphatic carbocycles. The molecule has 2 fully saturated rings. The van der Waals surface area contributed by atoms with Crippen molar-refractivity contribution in [1.29, 1.82) is 0 Å². The van der Waals surface area contributed by atoms with Crippen molar-refractivity contribution in [3.05, 3.63) is 48.0 Å². The molecule has 0 saturated carbocycles. The van der Waals surface area contributed by atoms with Gasteiger partial charge >= 0.3 is 0 Å². The number of hydrogen-bond donors (Lipinski definition) is 1. The number of nitrogens with zero attached hydrogens (tertiary/aromatic N) is 4.